The van der Waals surface area contributed by atoms with E-state index in [9.17, 15) is 14.4 Å². The second-order valence-corrected chi connectivity index (χ2v) is 12.2. The number of hydrogen-bond donors (Lipinski definition) is 3. The van der Waals surface area contributed by atoms with Gasteiger partial charge in [0.2, 0.25) is 17.7 Å². The first-order valence-electron chi connectivity index (χ1n) is 14.8. The number of amides is 3. The summed E-state index contributed by atoms with van der Waals surface area (Å²) in [4.78, 5) is 50.8. The van der Waals surface area contributed by atoms with Gasteiger partial charge in [-0.1, -0.05) is 101 Å². The molecule has 0 heterocycles. The Kier molecular flexibility index (Phi) is 12.4. The molecule has 1 aliphatic carbocycles. The second-order valence-electron chi connectivity index (χ2n) is 12.2. The zero-order valence-electron chi connectivity index (χ0n) is 25.2. The van der Waals surface area contributed by atoms with Crippen molar-refractivity contribution in [3.8, 4) is 0 Å². The third kappa shape index (κ3) is 10.6. The molecular weight excluding hydrogens is 518 g/mol. The largest absolute Gasteiger partial charge is 0.353 e. The van der Waals surface area contributed by atoms with Crippen molar-refractivity contribution in [1.82, 2.24) is 16.3 Å². The fourth-order valence-electron chi connectivity index (χ4n) is 4.93. The van der Waals surface area contributed by atoms with Gasteiger partial charge in [0.25, 0.3) is 0 Å². The van der Waals surface area contributed by atoms with Crippen LogP contribution < -0.4 is 16.3 Å². The number of rotatable bonds is 13. The molecule has 4 atom stereocenters. The van der Waals surface area contributed by atoms with Crippen LogP contribution in [-0.2, 0) is 36.9 Å². The zero-order valence-corrected chi connectivity index (χ0v) is 25.2. The Morgan fingerprint density at radius 1 is 0.732 bits per heavy atom. The summed E-state index contributed by atoms with van der Waals surface area (Å²) in [6.07, 6.45) is 5.06. The molecular formula is C33H47N3O5. The smallest absolute Gasteiger partial charge is 0.249 e. The van der Waals surface area contributed by atoms with E-state index in [-0.39, 0.29) is 23.8 Å². The number of carbonyl (C=O) groups is 3. The predicted molar refractivity (Wildman–Crippen MR) is 159 cm³/mol. The summed E-state index contributed by atoms with van der Waals surface area (Å²) in [6, 6.07) is 19.6. The van der Waals surface area contributed by atoms with Crippen molar-refractivity contribution in [2.75, 3.05) is 0 Å². The van der Waals surface area contributed by atoms with Gasteiger partial charge in [-0.25, -0.2) is 11.0 Å². The van der Waals surface area contributed by atoms with E-state index in [1.54, 1.807) is 27.7 Å². The fraction of sp³-hybridized carbons (Fsp3) is 0.545. The van der Waals surface area contributed by atoms with Crippen LogP contribution in [0, 0.1) is 17.3 Å². The lowest BCUT2D eigenvalue weighted by molar-refractivity contribution is -0.160. The molecule has 3 amide bonds. The van der Waals surface area contributed by atoms with E-state index in [1.165, 1.54) is 6.42 Å². The van der Waals surface area contributed by atoms with Gasteiger partial charge in [0, 0.05) is 11.5 Å². The summed E-state index contributed by atoms with van der Waals surface area (Å²) in [5, 5.41) is 3.23. The van der Waals surface area contributed by atoms with Crippen molar-refractivity contribution in [1.29, 1.82) is 0 Å². The fourth-order valence-corrected chi connectivity index (χ4v) is 4.93. The van der Waals surface area contributed by atoms with Gasteiger partial charge in [-0.3, -0.25) is 24.1 Å². The van der Waals surface area contributed by atoms with E-state index in [4.69, 9.17) is 9.68 Å². The Hall–Kier alpha value is -3.23. The molecule has 2 aromatic rings. The molecule has 0 aromatic heterocycles. The minimum atomic E-state index is -0.659. The van der Waals surface area contributed by atoms with Crippen molar-refractivity contribution in [3.63, 3.8) is 0 Å². The van der Waals surface area contributed by atoms with Gasteiger partial charge < -0.3 is 5.32 Å². The van der Waals surface area contributed by atoms with E-state index in [0.717, 1.165) is 36.8 Å². The van der Waals surface area contributed by atoms with Gasteiger partial charge in [0.05, 0.1) is 24.0 Å². The third-order valence-corrected chi connectivity index (χ3v) is 7.72. The van der Waals surface area contributed by atoms with Gasteiger partial charge in [0.1, 0.15) is 0 Å². The molecule has 0 aliphatic heterocycles. The SMILES string of the molecule is C[C@@H](ONC(=O)C(C)(C)C)[C@H](Cc1ccccc1)C(=O)NO[C@H](C)[C@H](Cc1ccccc1)C(=O)NC1CCCCC1. The van der Waals surface area contributed by atoms with Crippen LogP contribution in [0.2, 0.25) is 0 Å². The van der Waals surface area contributed by atoms with Crippen LogP contribution in [0.1, 0.15) is 77.8 Å². The van der Waals surface area contributed by atoms with E-state index >= 15 is 0 Å². The molecule has 1 aliphatic rings. The summed E-state index contributed by atoms with van der Waals surface area (Å²) < 4.78 is 0. The van der Waals surface area contributed by atoms with Crippen LogP contribution in [0.15, 0.2) is 60.7 Å². The highest BCUT2D eigenvalue weighted by Crippen LogP contribution is 2.21. The van der Waals surface area contributed by atoms with Gasteiger partial charge in [-0.2, -0.15) is 0 Å². The molecule has 3 N–H and O–H groups in total. The van der Waals surface area contributed by atoms with Gasteiger partial charge in [0.15, 0.2) is 0 Å². The minimum Gasteiger partial charge on any atom is -0.353 e. The number of carbonyl (C=O) groups excluding carboxylic acids is 3. The summed E-state index contributed by atoms with van der Waals surface area (Å²) in [7, 11) is 0. The maximum absolute atomic E-state index is 13.5. The molecule has 8 heteroatoms. The van der Waals surface area contributed by atoms with Crippen LogP contribution in [0.4, 0.5) is 0 Å². The molecule has 2 aromatic carbocycles. The summed E-state index contributed by atoms with van der Waals surface area (Å²) in [6.45, 7) is 8.92. The number of hydrogen-bond acceptors (Lipinski definition) is 5. The lowest BCUT2D eigenvalue weighted by atomic mass is 9.91. The molecule has 0 radical (unpaired) electrons. The van der Waals surface area contributed by atoms with Gasteiger partial charge >= 0.3 is 0 Å². The van der Waals surface area contributed by atoms with Crippen LogP contribution >= 0.6 is 0 Å². The molecule has 3 rings (SSSR count). The van der Waals surface area contributed by atoms with E-state index < -0.39 is 29.5 Å². The molecule has 41 heavy (non-hydrogen) atoms. The standard InChI is InChI=1S/C33H47N3O5/c1-23(28(21-25-15-9-6-10-16-25)30(37)34-27-19-13-8-14-20-27)40-35-31(38)29(22-26-17-11-7-12-18-26)24(2)41-36-32(39)33(3,4)5/h6-7,9-12,15-18,23-24,27-29H,8,13-14,19-22H2,1-5H3,(H,34,37)(H,35,38)(H,36,39)/t23-,24-,28+,29+/m1/s1. The van der Waals surface area contributed by atoms with Crippen molar-refractivity contribution in [2.24, 2.45) is 17.3 Å². The van der Waals surface area contributed by atoms with E-state index in [1.807, 2.05) is 67.6 Å². The quantitative estimate of drug-likeness (QED) is 0.294. The summed E-state index contributed by atoms with van der Waals surface area (Å²) in [5.41, 5.74) is 6.45. The van der Waals surface area contributed by atoms with Crippen LogP contribution in [0.3, 0.4) is 0 Å². The molecule has 0 unspecified atom stereocenters. The number of hydroxylamine groups is 2. The lowest BCUT2D eigenvalue weighted by Crippen LogP contribution is -2.47. The molecule has 8 nitrogen and oxygen atoms in total. The zero-order chi connectivity index (χ0) is 29.8. The normalized spacial score (nSPS) is 17.1. The molecule has 1 saturated carbocycles. The summed E-state index contributed by atoms with van der Waals surface area (Å²) in [5.74, 6) is -1.88. The van der Waals surface area contributed by atoms with Crippen molar-refractivity contribution >= 4 is 17.7 Å². The predicted octanol–water partition coefficient (Wildman–Crippen LogP) is 5.07. The molecule has 224 valence electrons. The van der Waals surface area contributed by atoms with E-state index in [0.29, 0.717) is 12.8 Å². The van der Waals surface area contributed by atoms with E-state index in [2.05, 4.69) is 16.3 Å². The highest BCUT2D eigenvalue weighted by molar-refractivity contribution is 5.81. The lowest BCUT2D eigenvalue weighted by Gasteiger charge is -2.29. The monoisotopic (exact) mass is 565 g/mol. The third-order valence-electron chi connectivity index (χ3n) is 7.72. The highest BCUT2D eigenvalue weighted by Gasteiger charge is 2.32. The Labute approximate surface area is 244 Å². The average Bonchev–Trinajstić information content (AvgIpc) is 2.96. The number of nitrogens with one attached hydrogen (secondary N) is 3. The first-order valence-corrected chi connectivity index (χ1v) is 14.8. The first kappa shape index (κ1) is 32.3. The topological polar surface area (TPSA) is 106 Å². The Morgan fingerprint density at radius 3 is 1.68 bits per heavy atom. The molecule has 0 saturated heterocycles. The Morgan fingerprint density at radius 2 is 1.20 bits per heavy atom. The molecule has 1 fully saturated rings. The second kappa shape index (κ2) is 15.7. The van der Waals surface area contributed by atoms with Crippen LogP contribution in [0.5, 0.6) is 0 Å². The average molecular weight is 566 g/mol. The van der Waals surface area contributed by atoms with Gasteiger partial charge in [-0.15, -0.1) is 0 Å². The Balaban J connectivity index is 1.69. The van der Waals surface area contributed by atoms with Gasteiger partial charge in [-0.05, 0) is 50.7 Å². The van der Waals surface area contributed by atoms with Crippen molar-refractivity contribution < 1.29 is 24.1 Å². The molecule has 0 spiro atoms. The van der Waals surface area contributed by atoms with Crippen LogP contribution in [0.25, 0.3) is 0 Å². The first-order chi connectivity index (χ1) is 19.5. The Bertz CT molecular complexity index is 1100. The number of benzene rings is 2. The maximum atomic E-state index is 13.5. The van der Waals surface area contributed by atoms with Crippen molar-refractivity contribution in [3.05, 3.63) is 71.8 Å². The van der Waals surface area contributed by atoms with Crippen molar-refractivity contribution in [2.45, 2.75) is 97.8 Å². The van der Waals surface area contributed by atoms with Crippen LogP contribution in [-0.4, -0.2) is 36.0 Å². The maximum Gasteiger partial charge on any atom is 0.249 e. The highest BCUT2D eigenvalue weighted by atomic mass is 16.7. The minimum absolute atomic E-state index is 0.0649. The molecule has 0 bridgehead atoms. The summed E-state index contributed by atoms with van der Waals surface area (Å²) >= 11 is 0.